The minimum atomic E-state index is -4.43. The highest BCUT2D eigenvalue weighted by molar-refractivity contribution is 7.19. The predicted molar refractivity (Wildman–Crippen MR) is 126 cm³/mol. The van der Waals surface area contributed by atoms with E-state index in [4.69, 9.17) is 5.73 Å². The second-order valence-electron chi connectivity index (χ2n) is 7.22. The maximum absolute atomic E-state index is 12.8. The van der Waals surface area contributed by atoms with Gasteiger partial charge in [-0.1, -0.05) is 31.2 Å². The number of hydrogen-bond donors (Lipinski definition) is 2. The summed E-state index contributed by atoms with van der Waals surface area (Å²) in [5, 5.41) is 3.53. The minimum Gasteiger partial charge on any atom is -0.383 e. The number of nitrogens with two attached hydrogens (primary N) is 1. The van der Waals surface area contributed by atoms with Crippen LogP contribution in [0, 0.1) is 0 Å². The Morgan fingerprint density at radius 3 is 2.61 bits per heavy atom. The lowest BCUT2D eigenvalue weighted by Crippen LogP contribution is -2.07. The molecule has 0 atom stereocenters. The van der Waals surface area contributed by atoms with Gasteiger partial charge in [0.15, 0.2) is 0 Å². The number of aromatic nitrogens is 2. The predicted octanol–water partition coefficient (Wildman–Crippen LogP) is 6.17. The number of thiophene rings is 1. The molecular weight excluding hydrogens is 449 g/mol. The zero-order valence-electron chi connectivity index (χ0n) is 17.5. The highest BCUT2D eigenvalue weighted by Gasteiger charge is 2.30. The molecule has 0 radical (unpaired) electrons. The number of benzene rings is 2. The smallest absolute Gasteiger partial charge is 0.383 e. The van der Waals surface area contributed by atoms with E-state index in [-0.39, 0.29) is 5.56 Å². The summed E-state index contributed by atoms with van der Waals surface area (Å²) in [6.07, 6.45) is 0.364. The van der Waals surface area contributed by atoms with Crippen LogP contribution in [0.2, 0.25) is 0 Å². The molecule has 2 aromatic heterocycles. The molecular formula is C24H19F3N4OS. The molecule has 2 aromatic carbocycles. The summed E-state index contributed by atoms with van der Waals surface area (Å²) >= 11 is 1.57. The molecule has 4 rings (SSSR count). The summed E-state index contributed by atoms with van der Waals surface area (Å²) in [6, 6.07) is 12.0. The Kier molecular flexibility index (Phi) is 6.15. The molecule has 168 valence electrons. The van der Waals surface area contributed by atoms with Gasteiger partial charge in [-0.05, 0) is 47.9 Å². The van der Waals surface area contributed by atoms with Crippen molar-refractivity contribution in [2.24, 2.45) is 0 Å². The number of carbonyl (C=O) groups is 1. The number of nitrogen functional groups attached to an aromatic ring is 1. The Bertz CT molecular complexity index is 1340. The number of hydrogen-bond acceptors (Lipinski definition) is 5. The van der Waals surface area contributed by atoms with Gasteiger partial charge in [0.25, 0.3) is 0 Å². The van der Waals surface area contributed by atoms with Gasteiger partial charge in [-0.15, -0.1) is 11.3 Å². The molecule has 0 saturated heterocycles. The monoisotopic (exact) mass is 468 g/mol. The number of aryl methyl sites for hydroxylation is 1. The average Bonchev–Trinajstić information content (AvgIpc) is 3.18. The number of fused-ring (bicyclic) bond motifs is 1. The Hall–Kier alpha value is -3.72. The highest BCUT2D eigenvalue weighted by atomic mass is 32.1. The molecule has 0 aliphatic rings. The molecule has 0 fully saturated rings. The summed E-state index contributed by atoms with van der Waals surface area (Å²) in [4.78, 5) is 22.6. The van der Waals surface area contributed by atoms with Crippen molar-refractivity contribution in [1.29, 1.82) is 0 Å². The third-order valence-electron chi connectivity index (χ3n) is 4.99. The maximum atomic E-state index is 12.8. The SMILES string of the molecule is CCc1sc2ncnc(N)c2c1-c1ccc(NC(=O)/C=C/c2cccc(C(F)(F)F)c2)cc1. The zero-order chi connectivity index (χ0) is 23.6. The molecule has 5 nitrogen and oxygen atoms in total. The van der Waals surface area contributed by atoms with Gasteiger partial charge in [-0.3, -0.25) is 4.79 Å². The fourth-order valence-electron chi connectivity index (χ4n) is 3.45. The molecule has 3 N–H and O–H groups in total. The Morgan fingerprint density at radius 1 is 1.15 bits per heavy atom. The van der Waals surface area contributed by atoms with Crippen LogP contribution in [0.4, 0.5) is 24.7 Å². The molecule has 0 aliphatic heterocycles. The number of halogens is 3. The quantitative estimate of drug-likeness (QED) is 0.343. The number of nitrogens with one attached hydrogen (secondary N) is 1. The number of carbonyl (C=O) groups excluding carboxylic acids is 1. The van der Waals surface area contributed by atoms with E-state index in [0.717, 1.165) is 44.8 Å². The standard InChI is InChI=1S/C24H19F3N4OS/c1-2-18-20(21-22(28)29-13-30-23(21)33-18)15-7-9-17(10-8-15)31-19(32)11-6-14-4-3-5-16(12-14)24(25,26)27/h3-13H,2H2,1H3,(H,31,32)(H2,28,29,30)/b11-6+. The minimum absolute atomic E-state index is 0.284. The summed E-state index contributed by atoms with van der Waals surface area (Å²) in [5.74, 6) is -0.0314. The van der Waals surface area contributed by atoms with Crippen LogP contribution in [0.1, 0.15) is 22.9 Å². The van der Waals surface area contributed by atoms with Crippen LogP contribution in [0.3, 0.4) is 0 Å². The lowest BCUT2D eigenvalue weighted by molar-refractivity contribution is -0.137. The number of amides is 1. The molecule has 1 amide bonds. The summed E-state index contributed by atoms with van der Waals surface area (Å²) in [7, 11) is 0. The van der Waals surface area contributed by atoms with Crippen molar-refractivity contribution >= 4 is 45.0 Å². The van der Waals surface area contributed by atoms with Gasteiger partial charge in [-0.25, -0.2) is 9.97 Å². The fourth-order valence-corrected chi connectivity index (χ4v) is 4.56. The first-order valence-electron chi connectivity index (χ1n) is 10.0. The molecule has 0 spiro atoms. The topological polar surface area (TPSA) is 80.9 Å². The van der Waals surface area contributed by atoms with Crippen molar-refractivity contribution < 1.29 is 18.0 Å². The van der Waals surface area contributed by atoms with Crippen LogP contribution in [0.25, 0.3) is 27.4 Å². The average molecular weight is 469 g/mol. The van der Waals surface area contributed by atoms with Gasteiger partial charge < -0.3 is 11.1 Å². The molecule has 0 unspecified atom stereocenters. The van der Waals surface area contributed by atoms with E-state index in [1.807, 2.05) is 12.1 Å². The van der Waals surface area contributed by atoms with Crippen molar-refractivity contribution in [1.82, 2.24) is 9.97 Å². The molecule has 2 heterocycles. The number of anilines is 2. The molecule has 9 heteroatoms. The van der Waals surface area contributed by atoms with Gasteiger partial charge in [0.2, 0.25) is 5.91 Å². The van der Waals surface area contributed by atoms with Crippen molar-refractivity contribution in [3.63, 3.8) is 0 Å². The molecule has 0 bridgehead atoms. The lowest BCUT2D eigenvalue weighted by Gasteiger charge is -2.08. The second kappa shape index (κ2) is 9.03. The first-order valence-corrected chi connectivity index (χ1v) is 10.9. The van der Waals surface area contributed by atoms with Crippen molar-refractivity contribution in [2.75, 3.05) is 11.1 Å². The number of nitrogens with zero attached hydrogens (tertiary/aromatic N) is 2. The van der Waals surface area contributed by atoms with Crippen LogP contribution in [-0.2, 0) is 17.4 Å². The van der Waals surface area contributed by atoms with E-state index in [1.165, 1.54) is 30.6 Å². The molecule has 33 heavy (non-hydrogen) atoms. The van der Waals surface area contributed by atoms with E-state index in [2.05, 4.69) is 22.2 Å². The summed E-state index contributed by atoms with van der Waals surface area (Å²) in [6.45, 7) is 2.06. The fraction of sp³-hybridized carbons (Fsp3) is 0.125. The van der Waals surface area contributed by atoms with E-state index >= 15 is 0 Å². The third kappa shape index (κ3) is 4.88. The highest BCUT2D eigenvalue weighted by Crippen LogP contribution is 2.40. The third-order valence-corrected chi connectivity index (χ3v) is 6.24. The van der Waals surface area contributed by atoms with Crippen LogP contribution in [-0.4, -0.2) is 15.9 Å². The Balaban J connectivity index is 1.52. The second-order valence-corrected chi connectivity index (χ2v) is 8.30. The van der Waals surface area contributed by atoms with Gasteiger partial charge in [0.05, 0.1) is 10.9 Å². The van der Waals surface area contributed by atoms with Crippen LogP contribution in [0.5, 0.6) is 0 Å². The van der Waals surface area contributed by atoms with Gasteiger partial charge in [-0.2, -0.15) is 13.2 Å². The van der Waals surface area contributed by atoms with Crippen molar-refractivity contribution in [3.8, 4) is 11.1 Å². The van der Waals surface area contributed by atoms with E-state index in [1.54, 1.807) is 23.5 Å². The first-order chi connectivity index (χ1) is 15.8. The lowest BCUT2D eigenvalue weighted by atomic mass is 10.0. The van der Waals surface area contributed by atoms with Crippen molar-refractivity contribution in [3.05, 3.63) is 76.9 Å². The zero-order valence-corrected chi connectivity index (χ0v) is 18.3. The molecule has 0 saturated carbocycles. The van der Waals surface area contributed by atoms with E-state index in [9.17, 15) is 18.0 Å². The number of alkyl halides is 3. The Labute approximate surface area is 191 Å². The van der Waals surface area contributed by atoms with Crippen molar-refractivity contribution in [2.45, 2.75) is 19.5 Å². The normalized spacial score (nSPS) is 11.9. The van der Waals surface area contributed by atoms with Gasteiger partial charge in [0.1, 0.15) is 17.0 Å². The van der Waals surface area contributed by atoms with E-state index in [0.29, 0.717) is 11.5 Å². The van der Waals surface area contributed by atoms with Crippen LogP contribution >= 0.6 is 11.3 Å². The molecule has 4 aromatic rings. The maximum Gasteiger partial charge on any atom is 0.416 e. The van der Waals surface area contributed by atoms with Gasteiger partial charge >= 0.3 is 6.18 Å². The summed E-state index contributed by atoms with van der Waals surface area (Å²) in [5.41, 5.74) is 8.09. The van der Waals surface area contributed by atoms with Crippen LogP contribution in [0.15, 0.2) is 60.9 Å². The molecule has 0 aliphatic carbocycles. The Morgan fingerprint density at radius 2 is 1.91 bits per heavy atom. The largest absolute Gasteiger partial charge is 0.416 e. The number of rotatable bonds is 5. The van der Waals surface area contributed by atoms with Gasteiger partial charge in [0, 0.05) is 22.2 Å². The first kappa shape index (κ1) is 22.5. The van der Waals surface area contributed by atoms with Crippen LogP contribution < -0.4 is 11.1 Å². The van der Waals surface area contributed by atoms with E-state index < -0.39 is 17.6 Å². The summed E-state index contributed by atoms with van der Waals surface area (Å²) < 4.78 is 38.5.